The highest BCUT2D eigenvalue weighted by atomic mass is 16.5. The predicted molar refractivity (Wildman–Crippen MR) is 88.2 cm³/mol. The second-order valence-corrected chi connectivity index (χ2v) is 8.03. The van der Waals surface area contributed by atoms with Crippen LogP contribution in [0, 0.1) is 5.92 Å². The number of carbonyl (C=O) groups is 1. The first kappa shape index (κ1) is 14.8. The Labute approximate surface area is 142 Å². The monoisotopic (exact) mass is 327 g/mol. The van der Waals surface area contributed by atoms with E-state index in [2.05, 4.69) is 4.98 Å². The van der Waals surface area contributed by atoms with E-state index in [1.54, 1.807) is 0 Å². The lowest BCUT2D eigenvalue weighted by molar-refractivity contribution is -0.174. The minimum Gasteiger partial charge on any atom is -0.360 e. The minimum absolute atomic E-state index is 0.271. The highest BCUT2D eigenvalue weighted by Crippen LogP contribution is 2.44. The van der Waals surface area contributed by atoms with Crippen LogP contribution in [-0.2, 0) is 21.7 Å². The number of fused-ring (bicyclic) bond motifs is 2. The van der Waals surface area contributed by atoms with E-state index in [0.717, 1.165) is 29.9 Å². The molecule has 2 aliphatic carbocycles. The van der Waals surface area contributed by atoms with Crippen LogP contribution in [0.3, 0.4) is 0 Å². The normalized spacial score (nSPS) is 26.1. The molecular formula is C19H25N3O2. The molecule has 0 aromatic carbocycles. The molecule has 2 saturated carbocycles. The quantitative estimate of drug-likeness (QED) is 0.838. The zero-order chi connectivity index (χ0) is 16.1. The molecule has 5 heteroatoms. The Morgan fingerprint density at radius 1 is 1.12 bits per heavy atom. The van der Waals surface area contributed by atoms with E-state index in [-0.39, 0.29) is 11.5 Å². The summed E-state index contributed by atoms with van der Waals surface area (Å²) in [7, 11) is 0. The number of carbonyl (C=O) groups excluding carboxylic acids is 1. The summed E-state index contributed by atoms with van der Waals surface area (Å²) in [6.07, 6.45) is 11.7. The summed E-state index contributed by atoms with van der Waals surface area (Å²) in [6, 6.07) is 0. The summed E-state index contributed by atoms with van der Waals surface area (Å²) in [5, 5.41) is 0. The van der Waals surface area contributed by atoms with Crippen molar-refractivity contribution >= 4 is 5.91 Å². The van der Waals surface area contributed by atoms with E-state index < -0.39 is 0 Å². The number of amides is 1. The fourth-order valence-electron chi connectivity index (χ4n) is 4.67. The predicted octanol–water partition coefficient (Wildman–Crippen LogP) is 2.89. The lowest BCUT2D eigenvalue weighted by atomic mass is 9.81. The fraction of sp³-hybridized carbons (Fsp3) is 0.737. The first-order chi connectivity index (χ1) is 11.8. The molecule has 0 bridgehead atoms. The molecule has 2 aliphatic heterocycles. The van der Waals surface area contributed by atoms with Gasteiger partial charge in [-0.15, -0.1) is 0 Å². The molecule has 4 aliphatic rings. The molecule has 5 rings (SSSR count). The number of hydrogen-bond acceptors (Lipinski definition) is 4. The minimum atomic E-state index is -0.320. The molecule has 0 radical (unpaired) electrons. The standard InChI is InChI=1S/C19H25N3O2/c23-18(14-7-4-8-14)22-11-19(12-22)15-9-20-17(21-16(15)10-24-19)13-5-2-1-3-6-13/h9,13-14H,1-8,10-12H2. The zero-order valence-corrected chi connectivity index (χ0v) is 14.2. The maximum absolute atomic E-state index is 12.4. The third-order valence-electron chi connectivity index (χ3n) is 6.49. The molecule has 3 heterocycles. The Bertz CT molecular complexity index is 659. The molecule has 128 valence electrons. The van der Waals surface area contributed by atoms with Crippen molar-refractivity contribution in [3.63, 3.8) is 0 Å². The lowest BCUT2D eigenvalue weighted by Gasteiger charge is -2.49. The fourth-order valence-corrected chi connectivity index (χ4v) is 4.67. The maximum atomic E-state index is 12.4. The van der Waals surface area contributed by atoms with Crippen molar-refractivity contribution in [2.45, 2.75) is 69.5 Å². The second kappa shape index (κ2) is 5.51. The Morgan fingerprint density at radius 3 is 2.62 bits per heavy atom. The Kier molecular flexibility index (Phi) is 3.40. The average molecular weight is 327 g/mol. The second-order valence-electron chi connectivity index (χ2n) is 8.03. The van der Waals surface area contributed by atoms with E-state index in [0.29, 0.717) is 31.5 Å². The van der Waals surface area contributed by atoms with Crippen LogP contribution in [0.15, 0.2) is 6.20 Å². The van der Waals surface area contributed by atoms with Crippen molar-refractivity contribution in [2.24, 2.45) is 5.92 Å². The van der Waals surface area contributed by atoms with Gasteiger partial charge in [-0.25, -0.2) is 9.97 Å². The number of ether oxygens (including phenoxy) is 1. The van der Waals surface area contributed by atoms with Crippen molar-refractivity contribution in [3.05, 3.63) is 23.3 Å². The van der Waals surface area contributed by atoms with Gasteiger partial charge in [-0.3, -0.25) is 4.79 Å². The summed E-state index contributed by atoms with van der Waals surface area (Å²) in [6.45, 7) is 1.94. The van der Waals surface area contributed by atoms with Crippen LogP contribution < -0.4 is 0 Å². The maximum Gasteiger partial charge on any atom is 0.225 e. The summed E-state index contributed by atoms with van der Waals surface area (Å²) in [4.78, 5) is 23.9. The van der Waals surface area contributed by atoms with Gasteiger partial charge in [0.25, 0.3) is 0 Å². The molecule has 1 amide bonds. The van der Waals surface area contributed by atoms with Gasteiger partial charge in [0.1, 0.15) is 11.4 Å². The number of likely N-dealkylation sites (tertiary alicyclic amines) is 1. The van der Waals surface area contributed by atoms with Gasteiger partial charge in [0.05, 0.1) is 25.4 Å². The van der Waals surface area contributed by atoms with Gasteiger partial charge in [0.15, 0.2) is 0 Å². The van der Waals surface area contributed by atoms with E-state index in [9.17, 15) is 4.79 Å². The van der Waals surface area contributed by atoms with Crippen molar-refractivity contribution in [1.29, 1.82) is 0 Å². The molecule has 1 aromatic heterocycles. The number of hydrogen-bond donors (Lipinski definition) is 0. The largest absolute Gasteiger partial charge is 0.360 e. The molecule has 24 heavy (non-hydrogen) atoms. The summed E-state index contributed by atoms with van der Waals surface area (Å²) >= 11 is 0. The SMILES string of the molecule is O=C(C1CCC1)N1CC2(C1)OCc1nc(C3CCCCC3)ncc12. The van der Waals surface area contributed by atoms with Crippen LogP contribution in [0.25, 0.3) is 0 Å². The molecular weight excluding hydrogens is 302 g/mol. The van der Waals surface area contributed by atoms with Crippen LogP contribution in [0.2, 0.25) is 0 Å². The van der Waals surface area contributed by atoms with E-state index in [4.69, 9.17) is 9.72 Å². The number of rotatable bonds is 2. The average Bonchev–Trinajstić information content (AvgIpc) is 2.91. The molecule has 5 nitrogen and oxygen atoms in total. The topological polar surface area (TPSA) is 55.3 Å². The third-order valence-corrected chi connectivity index (χ3v) is 6.49. The Morgan fingerprint density at radius 2 is 1.92 bits per heavy atom. The summed E-state index contributed by atoms with van der Waals surface area (Å²) in [5.74, 6) is 2.13. The van der Waals surface area contributed by atoms with Crippen molar-refractivity contribution < 1.29 is 9.53 Å². The Balaban J connectivity index is 1.31. The van der Waals surface area contributed by atoms with Crippen molar-refractivity contribution in [2.75, 3.05) is 13.1 Å². The van der Waals surface area contributed by atoms with E-state index >= 15 is 0 Å². The van der Waals surface area contributed by atoms with Crippen LogP contribution in [0.5, 0.6) is 0 Å². The van der Waals surface area contributed by atoms with Gasteiger partial charge in [0.2, 0.25) is 5.91 Å². The first-order valence-electron chi connectivity index (χ1n) is 9.54. The summed E-state index contributed by atoms with van der Waals surface area (Å²) in [5.41, 5.74) is 1.86. The zero-order valence-electron chi connectivity index (χ0n) is 14.2. The number of aromatic nitrogens is 2. The van der Waals surface area contributed by atoms with Crippen LogP contribution in [0.1, 0.15) is 74.4 Å². The van der Waals surface area contributed by atoms with Crippen LogP contribution in [-0.4, -0.2) is 33.9 Å². The van der Waals surface area contributed by atoms with Gasteiger partial charge < -0.3 is 9.64 Å². The van der Waals surface area contributed by atoms with Gasteiger partial charge in [-0.1, -0.05) is 25.7 Å². The van der Waals surface area contributed by atoms with Crippen LogP contribution >= 0.6 is 0 Å². The summed E-state index contributed by atoms with van der Waals surface area (Å²) < 4.78 is 6.10. The van der Waals surface area contributed by atoms with Crippen molar-refractivity contribution in [3.8, 4) is 0 Å². The Hall–Kier alpha value is -1.49. The van der Waals surface area contributed by atoms with Gasteiger partial charge >= 0.3 is 0 Å². The van der Waals surface area contributed by atoms with Crippen LogP contribution in [0.4, 0.5) is 0 Å². The molecule has 1 saturated heterocycles. The van der Waals surface area contributed by atoms with E-state index in [1.165, 1.54) is 38.5 Å². The molecule has 1 aromatic rings. The van der Waals surface area contributed by atoms with Gasteiger partial charge in [-0.2, -0.15) is 0 Å². The first-order valence-corrected chi connectivity index (χ1v) is 9.54. The molecule has 0 unspecified atom stereocenters. The molecule has 3 fully saturated rings. The highest BCUT2D eigenvalue weighted by molar-refractivity contribution is 5.81. The van der Waals surface area contributed by atoms with Crippen molar-refractivity contribution in [1.82, 2.24) is 14.9 Å². The highest BCUT2D eigenvalue weighted by Gasteiger charge is 2.53. The third kappa shape index (κ3) is 2.20. The molecule has 1 spiro atoms. The molecule has 0 N–H and O–H groups in total. The van der Waals surface area contributed by atoms with Gasteiger partial charge in [-0.05, 0) is 25.7 Å². The lowest BCUT2D eigenvalue weighted by Crippen LogP contribution is -2.62. The smallest absolute Gasteiger partial charge is 0.225 e. The van der Waals surface area contributed by atoms with E-state index in [1.807, 2.05) is 11.1 Å². The number of nitrogens with zero attached hydrogens (tertiary/aromatic N) is 3. The molecule has 0 atom stereocenters. The van der Waals surface area contributed by atoms with Gasteiger partial charge in [0, 0.05) is 23.6 Å².